The van der Waals surface area contributed by atoms with E-state index >= 15 is 0 Å². The zero-order chi connectivity index (χ0) is 21.1. The highest BCUT2D eigenvalue weighted by molar-refractivity contribution is 6.41. The molecule has 1 aromatic carbocycles. The van der Waals surface area contributed by atoms with Crippen LogP contribution in [0.25, 0.3) is 0 Å². The van der Waals surface area contributed by atoms with Gasteiger partial charge in [-0.1, -0.05) is 6.07 Å². The van der Waals surface area contributed by atoms with Crippen molar-refractivity contribution >= 4 is 19.0 Å². The number of amides is 1. The van der Waals surface area contributed by atoms with Crippen LogP contribution in [-0.4, -0.2) is 80.6 Å². The van der Waals surface area contributed by atoms with E-state index in [1.807, 2.05) is 0 Å². The molecule has 0 unspecified atom stereocenters. The molecule has 1 saturated heterocycles. The van der Waals surface area contributed by atoms with Crippen LogP contribution in [-0.2, 0) is 11.2 Å². The smallest absolute Gasteiger partial charge is 0.451 e. The summed E-state index contributed by atoms with van der Waals surface area (Å²) in [5.74, 6) is -2.61. The fraction of sp³-hybridized carbons (Fsp3) is 0.500. The molecular weight excluding hydrogens is 359 g/mol. The SMILES string of the molecule is [2H]C[C@](N)(CO)C(=O)N1CC(Oc2ccc(CCB(O)O)c(O)c2C(=O)O)C1. The van der Waals surface area contributed by atoms with Gasteiger partial charge < -0.3 is 40.7 Å². The second-order valence-electron chi connectivity index (χ2n) is 6.54. The summed E-state index contributed by atoms with van der Waals surface area (Å²) >= 11 is 0. The number of likely N-dealkylation sites (tertiary alicyclic amines) is 1. The Morgan fingerprint density at radius 2 is 2.11 bits per heavy atom. The lowest BCUT2D eigenvalue weighted by Gasteiger charge is -2.42. The van der Waals surface area contributed by atoms with Crippen molar-refractivity contribution in [1.29, 1.82) is 0 Å². The molecule has 10 nitrogen and oxygen atoms in total. The minimum Gasteiger partial charge on any atom is -0.507 e. The number of nitrogens with two attached hydrogens (primary N) is 1. The number of aryl methyl sites for hydroxylation is 1. The van der Waals surface area contributed by atoms with E-state index in [1.54, 1.807) is 0 Å². The van der Waals surface area contributed by atoms with Crippen LogP contribution in [0.4, 0.5) is 0 Å². The van der Waals surface area contributed by atoms with Crippen LogP contribution in [0.5, 0.6) is 11.5 Å². The third-order valence-corrected chi connectivity index (χ3v) is 4.25. The molecule has 11 heteroatoms. The molecule has 2 rings (SSSR count). The van der Waals surface area contributed by atoms with Crippen LogP contribution in [0.3, 0.4) is 0 Å². The number of aromatic carboxylic acids is 1. The summed E-state index contributed by atoms with van der Waals surface area (Å²) in [5, 5.41) is 46.7. The van der Waals surface area contributed by atoms with Crippen molar-refractivity contribution < 1.29 is 41.1 Å². The maximum Gasteiger partial charge on any atom is 0.451 e. The molecule has 0 bridgehead atoms. The van der Waals surface area contributed by atoms with Gasteiger partial charge in [-0.3, -0.25) is 4.79 Å². The summed E-state index contributed by atoms with van der Waals surface area (Å²) in [6.45, 7) is -0.962. The largest absolute Gasteiger partial charge is 0.507 e. The number of hydrogen-bond acceptors (Lipinski definition) is 8. The molecule has 148 valence electrons. The predicted molar refractivity (Wildman–Crippen MR) is 94.4 cm³/mol. The first-order valence-electron chi connectivity index (χ1n) is 8.93. The zero-order valence-corrected chi connectivity index (χ0v) is 14.5. The van der Waals surface area contributed by atoms with Gasteiger partial charge in [0.15, 0.2) is 0 Å². The first-order valence-corrected chi connectivity index (χ1v) is 8.22. The molecule has 1 aromatic rings. The van der Waals surface area contributed by atoms with E-state index in [9.17, 15) is 24.9 Å². The van der Waals surface area contributed by atoms with Crippen molar-refractivity contribution in [2.75, 3.05) is 19.7 Å². The van der Waals surface area contributed by atoms with Gasteiger partial charge in [0.25, 0.3) is 0 Å². The summed E-state index contributed by atoms with van der Waals surface area (Å²) in [6, 6.07) is 2.79. The number of carbonyl (C=O) groups excluding carboxylic acids is 1. The van der Waals surface area contributed by atoms with Crippen LogP contribution in [0, 0.1) is 0 Å². The molecular formula is C16H23BN2O8. The van der Waals surface area contributed by atoms with Gasteiger partial charge in [0.1, 0.15) is 28.7 Å². The highest BCUT2D eigenvalue weighted by Gasteiger charge is 2.40. The first-order chi connectivity index (χ1) is 13.1. The number of ether oxygens (including phenoxy) is 1. The lowest BCUT2D eigenvalue weighted by Crippen LogP contribution is -2.64. The van der Waals surface area contributed by atoms with Gasteiger partial charge >= 0.3 is 13.1 Å². The number of hydrogen-bond donors (Lipinski definition) is 6. The van der Waals surface area contributed by atoms with Gasteiger partial charge in [-0.25, -0.2) is 4.79 Å². The van der Waals surface area contributed by atoms with E-state index in [0.717, 1.165) is 0 Å². The van der Waals surface area contributed by atoms with Crippen LogP contribution in [0.15, 0.2) is 12.1 Å². The van der Waals surface area contributed by atoms with Gasteiger partial charge in [0, 0.05) is 1.37 Å². The molecule has 0 aliphatic carbocycles. The summed E-state index contributed by atoms with van der Waals surface area (Å²) in [4.78, 5) is 25.0. The van der Waals surface area contributed by atoms with Crippen LogP contribution in [0.2, 0.25) is 6.32 Å². The molecule has 0 spiro atoms. The van der Waals surface area contributed by atoms with Crippen LogP contribution in [0.1, 0.15) is 24.2 Å². The molecule has 0 aromatic heterocycles. The average Bonchev–Trinajstić information content (AvgIpc) is 2.61. The third kappa shape index (κ3) is 4.69. The molecule has 0 radical (unpaired) electrons. The molecule has 1 aliphatic heterocycles. The van der Waals surface area contributed by atoms with E-state index in [-0.39, 0.29) is 37.1 Å². The second kappa shape index (κ2) is 8.13. The molecule has 1 fully saturated rings. The van der Waals surface area contributed by atoms with Crippen molar-refractivity contribution in [2.45, 2.75) is 31.3 Å². The summed E-state index contributed by atoms with van der Waals surface area (Å²) in [7, 11) is -1.58. The fourth-order valence-corrected chi connectivity index (χ4v) is 2.65. The Morgan fingerprint density at radius 1 is 1.44 bits per heavy atom. The van der Waals surface area contributed by atoms with Gasteiger partial charge in [0.2, 0.25) is 5.91 Å². The van der Waals surface area contributed by atoms with Crippen molar-refractivity contribution in [1.82, 2.24) is 4.90 Å². The Hall–Kier alpha value is -2.34. The standard InChI is InChI=1S/C16H23BN2O8/c1-16(18,8-20)15(24)19-6-10(7-19)27-11-3-2-9(4-5-17(25)26)13(21)12(11)14(22)23/h2-3,10,20-21,25-26H,4-8,18H2,1H3,(H,22,23)/t16-/m0/s1/i1D. The number of aromatic hydroxyl groups is 1. The normalized spacial score (nSPS) is 16.9. The monoisotopic (exact) mass is 383 g/mol. The van der Waals surface area contributed by atoms with E-state index in [0.29, 0.717) is 0 Å². The van der Waals surface area contributed by atoms with Crippen molar-refractivity contribution in [3.8, 4) is 11.5 Å². The maximum absolute atomic E-state index is 12.2. The highest BCUT2D eigenvalue weighted by atomic mass is 16.5. The van der Waals surface area contributed by atoms with E-state index in [2.05, 4.69) is 0 Å². The average molecular weight is 383 g/mol. The summed E-state index contributed by atoms with van der Waals surface area (Å²) < 4.78 is 12.9. The van der Waals surface area contributed by atoms with Gasteiger partial charge in [0.05, 0.1) is 19.7 Å². The van der Waals surface area contributed by atoms with Crippen molar-refractivity contribution in [3.63, 3.8) is 0 Å². The Bertz CT molecular complexity index is 738. The Morgan fingerprint density at radius 3 is 2.63 bits per heavy atom. The number of rotatable bonds is 8. The third-order valence-electron chi connectivity index (χ3n) is 4.25. The molecule has 0 saturated carbocycles. The first kappa shape index (κ1) is 19.4. The quantitative estimate of drug-likeness (QED) is 0.289. The Labute approximate surface area is 157 Å². The molecule has 1 aliphatic rings. The summed E-state index contributed by atoms with van der Waals surface area (Å²) in [5.41, 5.74) is 3.77. The number of carboxylic acid groups (broad SMARTS) is 1. The number of phenols is 1. The zero-order valence-electron chi connectivity index (χ0n) is 15.5. The lowest BCUT2D eigenvalue weighted by molar-refractivity contribution is -0.146. The van der Waals surface area contributed by atoms with Gasteiger partial charge in [-0.05, 0) is 31.3 Å². The molecule has 7 N–H and O–H groups in total. The minimum atomic E-state index is -1.69. The van der Waals surface area contributed by atoms with Crippen LogP contribution >= 0.6 is 0 Å². The molecule has 1 amide bonds. The highest BCUT2D eigenvalue weighted by Crippen LogP contribution is 2.34. The minimum absolute atomic E-state index is 0.0582. The van der Waals surface area contributed by atoms with Crippen molar-refractivity contribution in [3.05, 3.63) is 23.3 Å². The maximum atomic E-state index is 12.2. The predicted octanol–water partition coefficient (Wildman–Crippen LogP) is -1.59. The number of benzene rings is 1. The van der Waals surface area contributed by atoms with Gasteiger partial charge in [-0.15, -0.1) is 0 Å². The Kier molecular flexibility index (Phi) is 5.85. The number of aliphatic hydroxyl groups is 1. The van der Waals surface area contributed by atoms with E-state index < -0.39 is 55.5 Å². The summed E-state index contributed by atoms with van der Waals surface area (Å²) in [6.07, 6.45) is -0.558. The lowest BCUT2D eigenvalue weighted by atomic mass is 9.82. The number of carbonyl (C=O) groups is 2. The topological polar surface area (TPSA) is 174 Å². The second-order valence-corrected chi connectivity index (χ2v) is 6.54. The number of carboxylic acids is 1. The van der Waals surface area contributed by atoms with Crippen LogP contribution < -0.4 is 10.5 Å². The molecule has 1 atom stereocenters. The van der Waals surface area contributed by atoms with Gasteiger partial charge in [-0.2, -0.15) is 0 Å². The van der Waals surface area contributed by atoms with E-state index in [1.165, 1.54) is 17.0 Å². The molecule has 1 heterocycles. The van der Waals surface area contributed by atoms with Crippen molar-refractivity contribution in [2.24, 2.45) is 5.73 Å². The van der Waals surface area contributed by atoms with E-state index in [4.69, 9.17) is 21.9 Å². The number of nitrogens with zero attached hydrogens (tertiary/aromatic N) is 1. The number of aliphatic hydroxyl groups excluding tert-OH is 1. The Balaban J connectivity index is 2.08. The fourth-order valence-electron chi connectivity index (χ4n) is 2.65. The molecule has 27 heavy (non-hydrogen) atoms.